The lowest BCUT2D eigenvalue weighted by Gasteiger charge is -2.31. The highest BCUT2D eigenvalue weighted by molar-refractivity contribution is 7.89. The van der Waals surface area contributed by atoms with Crippen LogP contribution in [0.25, 0.3) is 0 Å². The van der Waals surface area contributed by atoms with Gasteiger partial charge in [0.15, 0.2) is 11.5 Å². The molecule has 1 fully saturated rings. The minimum absolute atomic E-state index is 0.122. The third-order valence-corrected chi connectivity index (χ3v) is 6.03. The van der Waals surface area contributed by atoms with Gasteiger partial charge in [-0.3, -0.25) is 4.79 Å². The van der Waals surface area contributed by atoms with Crippen LogP contribution in [0.3, 0.4) is 0 Å². The van der Waals surface area contributed by atoms with Crippen LogP contribution in [0.5, 0.6) is 11.5 Å². The molecule has 25 heavy (non-hydrogen) atoms. The molecule has 138 valence electrons. The van der Waals surface area contributed by atoms with Crippen LogP contribution in [-0.2, 0) is 14.8 Å². The Labute approximate surface area is 148 Å². The van der Waals surface area contributed by atoms with Crippen molar-refractivity contribution in [2.75, 3.05) is 33.9 Å². The van der Waals surface area contributed by atoms with Crippen LogP contribution in [0.2, 0.25) is 0 Å². The number of benzene rings is 1. The van der Waals surface area contributed by atoms with Crippen molar-refractivity contribution in [3.8, 4) is 11.5 Å². The molecule has 1 saturated heterocycles. The standard InChI is InChI=1S/C17H24N2O5S/c1-4-9-18-17(20)13-6-5-10-19(12-13)25(21,22)14-7-8-15(23-2)16(11-14)24-3/h4,7-8,11,13H,1,5-6,9-10,12H2,2-3H3,(H,18,20). The van der Waals surface area contributed by atoms with E-state index in [1.54, 1.807) is 12.1 Å². The van der Waals surface area contributed by atoms with Crippen LogP contribution in [0.1, 0.15) is 12.8 Å². The molecule has 1 aliphatic heterocycles. The molecule has 0 aromatic heterocycles. The van der Waals surface area contributed by atoms with E-state index in [0.717, 1.165) is 0 Å². The molecule has 0 radical (unpaired) electrons. The van der Waals surface area contributed by atoms with Crippen molar-refractivity contribution in [2.45, 2.75) is 17.7 Å². The Bertz CT molecular complexity index is 733. The van der Waals surface area contributed by atoms with E-state index in [0.29, 0.717) is 37.4 Å². The molecule has 1 heterocycles. The van der Waals surface area contributed by atoms with Crippen molar-refractivity contribution in [3.05, 3.63) is 30.9 Å². The number of rotatable bonds is 7. The molecule has 0 bridgehead atoms. The van der Waals surface area contributed by atoms with Crippen LogP contribution < -0.4 is 14.8 Å². The average Bonchev–Trinajstić information content (AvgIpc) is 2.65. The van der Waals surface area contributed by atoms with E-state index >= 15 is 0 Å². The lowest BCUT2D eigenvalue weighted by molar-refractivity contribution is -0.125. The van der Waals surface area contributed by atoms with Crippen molar-refractivity contribution in [1.82, 2.24) is 9.62 Å². The lowest BCUT2D eigenvalue weighted by Crippen LogP contribution is -2.45. The maximum Gasteiger partial charge on any atom is 0.243 e. The molecule has 1 unspecified atom stereocenters. The van der Waals surface area contributed by atoms with E-state index in [-0.39, 0.29) is 23.3 Å². The Balaban J connectivity index is 2.21. The number of carbonyl (C=O) groups excluding carboxylic acids is 1. The van der Waals surface area contributed by atoms with E-state index < -0.39 is 10.0 Å². The molecule has 8 heteroatoms. The van der Waals surface area contributed by atoms with Crippen molar-refractivity contribution in [1.29, 1.82) is 0 Å². The topological polar surface area (TPSA) is 84.9 Å². The lowest BCUT2D eigenvalue weighted by atomic mass is 9.99. The molecule has 1 aliphatic rings. The summed E-state index contributed by atoms with van der Waals surface area (Å²) in [5.41, 5.74) is 0. The van der Waals surface area contributed by atoms with E-state index in [1.165, 1.54) is 30.7 Å². The van der Waals surface area contributed by atoms with Crippen LogP contribution in [0.4, 0.5) is 0 Å². The molecule has 0 spiro atoms. The van der Waals surface area contributed by atoms with Gasteiger partial charge < -0.3 is 14.8 Å². The number of carbonyl (C=O) groups is 1. The molecule has 0 aliphatic carbocycles. The summed E-state index contributed by atoms with van der Waals surface area (Å²) in [4.78, 5) is 12.3. The van der Waals surface area contributed by atoms with E-state index in [1.807, 2.05) is 0 Å². The zero-order chi connectivity index (χ0) is 18.4. The Morgan fingerprint density at radius 1 is 1.36 bits per heavy atom. The summed E-state index contributed by atoms with van der Waals surface area (Å²) in [6, 6.07) is 4.48. The first kappa shape index (κ1) is 19.3. The number of hydrogen-bond acceptors (Lipinski definition) is 5. The third-order valence-electron chi connectivity index (χ3n) is 4.17. The second kappa shape index (κ2) is 8.35. The normalized spacial score (nSPS) is 18.4. The number of nitrogens with zero attached hydrogens (tertiary/aromatic N) is 1. The number of ether oxygens (including phenoxy) is 2. The van der Waals surface area contributed by atoms with Crippen LogP contribution >= 0.6 is 0 Å². The second-order valence-electron chi connectivity index (χ2n) is 5.75. The van der Waals surface area contributed by atoms with Gasteiger partial charge >= 0.3 is 0 Å². The van der Waals surface area contributed by atoms with Gasteiger partial charge in [-0.1, -0.05) is 6.08 Å². The second-order valence-corrected chi connectivity index (χ2v) is 7.69. The maximum atomic E-state index is 12.9. The minimum Gasteiger partial charge on any atom is -0.493 e. The van der Waals surface area contributed by atoms with Crippen molar-refractivity contribution < 1.29 is 22.7 Å². The number of piperidine rings is 1. The minimum atomic E-state index is -3.71. The van der Waals surface area contributed by atoms with Gasteiger partial charge in [-0.15, -0.1) is 6.58 Å². The highest BCUT2D eigenvalue weighted by atomic mass is 32.2. The number of sulfonamides is 1. The molecule has 1 atom stereocenters. The molecular formula is C17H24N2O5S. The maximum absolute atomic E-state index is 12.9. The van der Waals surface area contributed by atoms with Crippen molar-refractivity contribution >= 4 is 15.9 Å². The average molecular weight is 368 g/mol. The SMILES string of the molecule is C=CCNC(=O)C1CCCN(S(=O)(=O)c2ccc(OC)c(OC)c2)C1. The number of nitrogens with one attached hydrogen (secondary N) is 1. The quantitative estimate of drug-likeness (QED) is 0.736. The van der Waals surface area contributed by atoms with Gasteiger partial charge in [-0.05, 0) is 25.0 Å². The van der Waals surface area contributed by atoms with Gasteiger partial charge in [0, 0.05) is 25.7 Å². The van der Waals surface area contributed by atoms with Crippen molar-refractivity contribution in [3.63, 3.8) is 0 Å². The predicted octanol–water partition coefficient (Wildman–Crippen LogP) is 1.41. The fourth-order valence-electron chi connectivity index (χ4n) is 2.82. The third kappa shape index (κ3) is 4.32. The zero-order valence-corrected chi connectivity index (χ0v) is 15.3. The predicted molar refractivity (Wildman–Crippen MR) is 94.2 cm³/mol. The highest BCUT2D eigenvalue weighted by Crippen LogP contribution is 2.32. The molecule has 1 aromatic rings. The van der Waals surface area contributed by atoms with Crippen LogP contribution in [0, 0.1) is 5.92 Å². The van der Waals surface area contributed by atoms with Gasteiger partial charge in [-0.25, -0.2) is 8.42 Å². The van der Waals surface area contributed by atoms with E-state index in [9.17, 15) is 13.2 Å². The van der Waals surface area contributed by atoms with Gasteiger partial charge in [0.2, 0.25) is 15.9 Å². The molecule has 1 aromatic carbocycles. The number of amides is 1. The molecule has 0 saturated carbocycles. The smallest absolute Gasteiger partial charge is 0.243 e. The molecule has 1 amide bonds. The Morgan fingerprint density at radius 2 is 2.08 bits per heavy atom. The first-order chi connectivity index (χ1) is 11.9. The van der Waals surface area contributed by atoms with Gasteiger partial charge in [-0.2, -0.15) is 4.31 Å². The summed E-state index contributed by atoms with van der Waals surface area (Å²) in [7, 11) is -0.766. The fourth-order valence-corrected chi connectivity index (χ4v) is 4.36. The monoisotopic (exact) mass is 368 g/mol. The largest absolute Gasteiger partial charge is 0.493 e. The molecule has 1 N–H and O–H groups in total. The van der Waals surface area contributed by atoms with E-state index in [2.05, 4.69) is 11.9 Å². The fraction of sp³-hybridized carbons (Fsp3) is 0.471. The highest BCUT2D eigenvalue weighted by Gasteiger charge is 2.33. The summed E-state index contributed by atoms with van der Waals surface area (Å²) in [5, 5.41) is 2.73. The first-order valence-electron chi connectivity index (χ1n) is 8.04. The Hall–Kier alpha value is -2.06. The molecular weight excluding hydrogens is 344 g/mol. The Kier molecular flexibility index (Phi) is 6.44. The van der Waals surface area contributed by atoms with Gasteiger partial charge in [0.25, 0.3) is 0 Å². The number of hydrogen-bond donors (Lipinski definition) is 1. The van der Waals surface area contributed by atoms with Crippen LogP contribution in [-0.4, -0.2) is 52.5 Å². The van der Waals surface area contributed by atoms with Gasteiger partial charge in [0.1, 0.15) is 0 Å². The summed E-state index contributed by atoms with van der Waals surface area (Å²) in [5.74, 6) is 0.304. The van der Waals surface area contributed by atoms with Crippen molar-refractivity contribution in [2.24, 2.45) is 5.92 Å². The number of methoxy groups -OCH3 is 2. The summed E-state index contributed by atoms with van der Waals surface area (Å²) in [6.07, 6.45) is 2.90. The summed E-state index contributed by atoms with van der Waals surface area (Å²) >= 11 is 0. The molecule has 7 nitrogen and oxygen atoms in total. The van der Waals surface area contributed by atoms with Crippen LogP contribution in [0.15, 0.2) is 35.7 Å². The van der Waals surface area contributed by atoms with E-state index in [4.69, 9.17) is 9.47 Å². The first-order valence-corrected chi connectivity index (χ1v) is 9.48. The molecule has 2 rings (SSSR count). The summed E-state index contributed by atoms with van der Waals surface area (Å²) in [6.45, 7) is 4.49. The van der Waals surface area contributed by atoms with Gasteiger partial charge in [0.05, 0.1) is 25.0 Å². The summed E-state index contributed by atoms with van der Waals surface area (Å²) < 4.78 is 37.5. The zero-order valence-electron chi connectivity index (χ0n) is 14.5. The Morgan fingerprint density at radius 3 is 2.72 bits per heavy atom.